The molecule has 2 aromatic rings. The lowest BCUT2D eigenvalue weighted by molar-refractivity contribution is 0.415. The Morgan fingerprint density at radius 1 is 1.31 bits per heavy atom. The van der Waals surface area contributed by atoms with E-state index in [0.717, 1.165) is 11.3 Å². The summed E-state index contributed by atoms with van der Waals surface area (Å²) >= 11 is 0. The van der Waals surface area contributed by atoms with Gasteiger partial charge in [-0.15, -0.1) is 0 Å². The molecule has 0 aliphatic rings. The van der Waals surface area contributed by atoms with Gasteiger partial charge in [0.05, 0.1) is 5.69 Å². The third kappa shape index (κ3) is 1.98. The second-order valence-corrected chi connectivity index (χ2v) is 3.73. The van der Waals surface area contributed by atoms with Crippen molar-refractivity contribution >= 4 is 5.69 Å². The van der Waals surface area contributed by atoms with Gasteiger partial charge in [-0.2, -0.15) is 5.10 Å². The molecule has 0 aromatic carbocycles. The summed E-state index contributed by atoms with van der Waals surface area (Å²) in [7, 11) is 1.82. The predicted octanol–water partition coefficient (Wildman–Crippen LogP) is 1.81. The van der Waals surface area contributed by atoms with Gasteiger partial charge in [-0.3, -0.25) is 0 Å². The van der Waals surface area contributed by atoms with Crippen molar-refractivity contribution in [2.24, 2.45) is 7.05 Å². The van der Waals surface area contributed by atoms with Crippen LogP contribution in [-0.4, -0.2) is 14.8 Å². The van der Waals surface area contributed by atoms with Gasteiger partial charge in [-0.05, 0) is 19.4 Å². The number of anilines is 1. The van der Waals surface area contributed by atoms with Crippen molar-refractivity contribution in [3.8, 4) is 11.8 Å². The van der Waals surface area contributed by atoms with Crippen molar-refractivity contribution in [1.82, 2.24) is 14.8 Å². The first-order valence-corrected chi connectivity index (χ1v) is 4.97. The fourth-order valence-corrected chi connectivity index (χ4v) is 1.36. The number of nitrogen functional groups attached to an aromatic ring is 1. The van der Waals surface area contributed by atoms with Gasteiger partial charge in [0.25, 0.3) is 0 Å². The fourth-order valence-electron chi connectivity index (χ4n) is 1.36. The molecule has 0 fully saturated rings. The van der Waals surface area contributed by atoms with Crippen molar-refractivity contribution in [2.45, 2.75) is 13.8 Å². The molecule has 0 bridgehead atoms. The number of pyridine rings is 1. The molecule has 0 saturated carbocycles. The molecule has 5 nitrogen and oxygen atoms in total. The summed E-state index contributed by atoms with van der Waals surface area (Å²) in [5.74, 6) is 1.12. The number of nitrogens with zero attached hydrogens (tertiary/aromatic N) is 3. The minimum Gasteiger partial charge on any atom is -0.421 e. The average Bonchev–Trinajstić information content (AvgIpc) is 2.51. The van der Waals surface area contributed by atoms with Crippen LogP contribution in [0.5, 0.6) is 11.8 Å². The first-order chi connectivity index (χ1) is 7.56. The number of hydrogen-bond acceptors (Lipinski definition) is 4. The highest BCUT2D eigenvalue weighted by molar-refractivity contribution is 5.47. The molecule has 0 spiro atoms. The second-order valence-electron chi connectivity index (χ2n) is 3.73. The molecule has 0 unspecified atom stereocenters. The molecule has 2 heterocycles. The molecule has 2 rings (SSSR count). The van der Waals surface area contributed by atoms with Crippen molar-refractivity contribution in [3.05, 3.63) is 29.6 Å². The Bertz CT molecular complexity index is 519. The van der Waals surface area contributed by atoms with Crippen molar-refractivity contribution in [1.29, 1.82) is 0 Å². The zero-order valence-corrected chi connectivity index (χ0v) is 9.56. The van der Waals surface area contributed by atoms with Crippen molar-refractivity contribution in [2.75, 3.05) is 5.73 Å². The molecule has 2 N–H and O–H groups in total. The Balaban J connectivity index is 2.27. The van der Waals surface area contributed by atoms with Gasteiger partial charge in [-0.25, -0.2) is 9.67 Å². The molecule has 2 aromatic heterocycles. The Morgan fingerprint density at radius 3 is 2.62 bits per heavy atom. The molecule has 0 radical (unpaired) electrons. The Labute approximate surface area is 93.9 Å². The van der Waals surface area contributed by atoms with Crippen LogP contribution in [0, 0.1) is 13.8 Å². The Hall–Kier alpha value is -2.04. The van der Waals surface area contributed by atoms with Gasteiger partial charge < -0.3 is 10.5 Å². The van der Waals surface area contributed by atoms with Crippen LogP contribution in [0.4, 0.5) is 5.69 Å². The van der Waals surface area contributed by atoms with Gasteiger partial charge in [0, 0.05) is 31.1 Å². The van der Waals surface area contributed by atoms with E-state index in [-0.39, 0.29) is 0 Å². The normalized spacial score (nSPS) is 10.4. The van der Waals surface area contributed by atoms with E-state index in [2.05, 4.69) is 10.1 Å². The third-order valence-electron chi connectivity index (χ3n) is 2.29. The highest BCUT2D eigenvalue weighted by Crippen LogP contribution is 2.22. The van der Waals surface area contributed by atoms with Crippen LogP contribution < -0.4 is 10.5 Å². The summed E-state index contributed by atoms with van der Waals surface area (Å²) in [4.78, 5) is 4.14. The first-order valence-electron chi connectivity index (χ1n) is 4.97. The monoisotopic (exact) mass is 218 g/mol. The van der Waals surface area contributed by atoms with Gasteiger partial charge in [0.15, 0.2) is 0 Å². The minimum absolute atomic E-state index is 0.478. The van der Waals surface area contributed by atoms with E-state index >= 15 is 0 Å². The fraction of sp³-hybridized carbons (Fsp3) is 0.273. The number of aryl methyl sites for hydroxylation is 3. The lowest BCUT2D eigenvalue weighted by Gasteiger charge is -2.06. The molecule has 16 heavy (non-hydrogen) atoms. The van der Waals surface area contributed by atoms with E-state index in [4.69, 9.17) is 10.5 Å². The molecular weight excluding hydrogens is 204 g/mol. The zero-order chi connectivity index (χ0) is 11.7. The van der Waals surface area contributed by atoms with Crippen LogP contribution in [0.25, 0.3) is 0 Å². The summed E-state index contributed by atoms with van der Waals surface area (Å²) in [6.45, 7) is 3.81. The highest BCUT2D eigenvalue weighted by Gasteiger charge is 2.06. The molecule has 84 valence electrons. The van der Waals surface area contributed by atoms with Crippen LogP contribution in [0.2, 0.25) is 0 Å². The average molecular weight is 218 g/mol. The Kier molecular flexibility index (Phi) is 2.52. The van der Waals surface area contributed by atoms with Gasteiger partial charge in [0.1, 0.15) is 0 Å². The topological polar surface area (TPSA) is 66.0 Å². The SMILES string of the molecule is Cc1cc(Oc2cc(N)c(C)cn2)n(C)n1. The van der Waals surface area contributed by atoms with E-state index in [9.17, 15) is 0 Å². The molecule has 0 amide bonds. The van der Waals surface area contributed by atoms with Gasteiger partial charge in [-0.1, -0.05) is 0 Å². The summed E-state index contributed by atoms with van der Waals surface area (Å²) < 4.78 is 7.23. The maximum Gasteiger partial charge on any atom is 0.223 e. The van der Waals surface area contributed by atoms with E-state index in [1.165, 1.54) is 0 Å². The maximum atomic E-state index is 5.78. The molecule has 0 saturated heterocycles. The van der Waals surface area contributed by atoms with Gasteiger partial charge >= 0.3 is 0 Å². The lowest BCUT2D eigenvalue weighted by atomic mass is 10.3. The van der Waals surface area contributed by atoms with Crippen LogP contribution in [0.15, 0.2) is 18.3 Å². The lowest BCUT2D eigenvalue weighted by Crippen LogP contribution is -1.98. The summed E-state index contributed by atoms with van der Waals surface area (Å²) in [5, 5.41) is 4.18. The highest BCUT2D eigenvalue weighted by atomic mass is 16.5. The third-order valence-corrected chi connectivity index (χ3v) is 2.29. The summed E-state index contributed by atoms with van der Waals surface area (Å²) in [6.07, 6.45) is 1.69. The van der Waals surface area contributed by atoms with Crippen LogP contribution in [0.3, 0.4) is 0 Å². The number of hydrogen-bond donors (Lipinski definition) is 1. The molecule has 0 aliphatic carbocycles. The van der Waals surface area contributed by atoms with Crippen molar-refractivity contribution < 1.29 is 4.74 Å². The smallest absolute Gasteiger partial charge is 0.223 e. The van der Waals surface area contributed by atoms with E-state index in [1.807, 2.05) is 27.0 Å². The predicted molar refractivity (Wildman–Crippen MR) is 61.4 cm³/mol. The summed E-state index contributed by atoms with van der Waals surface area (Å²) in [5.41, 5.74) is 8.28. The number of nitrogens with two attached hydrogens (primary N) is 1. The molecular formula is C11H14N4O. The van der Waals surface area contributed by atoms with E-state index in [1.54, 1.807) is 16.9 Å². The van der Waals surface area contributed by atoms with Crippen LogP contribution >= 0.6 is 0 Å². The molecule has 5 heteroatoms. The number of rotatable bonds is 2. The number of aromatic nitrogens is 3. The van der Waals surface area contributed by atoms with E-state index in [0.29, 0.717) is 17.4 Å². The van der Waals surface area contributed by atoms with Crippen LogP contribution in [0.1, 0.15) is 11.3 Å². The largest absolute Gasteiger partial charge is 0.421 e. The summed E-state index contributed by atoms with van der Waals surface area (Å²) in [6, 6.07) is 3.55. The van der Waals surface area contributed by atoms with Gasteiger partial charge in [0.2, 0.25) is 11.8 Å². The number of ether oxygens (including phenoxy) is 1. The van der Waals surface area contributed by atoms with Crippen molar-refractivity contribution in [3.63, 3.8) is 0 Å². The first kappa shape index (κ1) is 10.5. The molecule has 0 atom stereocenters. The zero-order valence-electron chi connectivity index (χ0n) is 9.56. The maximum absolute atomic E-state index is 5.78. The minimum atomic E-state index is 0.478. The molecule has 0 aliphatic heterocycles. The van der Waals surface area contributed by atoms with E-state index < -0.39 is 0 Å². The standard InChI is InChI=1S/C11H14N4O/c1-7-6-13-10(5-9(7)12)16-11-4-8(2)14-15(11)3/h4-6H,1-3H3,(H2,12,13). The second kappa shape index (κ2) is 3.84. The Morgan fingerprint density at radius 2 is 2.06 bits per heavy atom. The van der Waals surface area contributed by atoms with Crippen LogP contribution in [-0.2, 0) is 7.05 Å². The quantitative estimate of drug-likeness (QED) is 0.834.